The SMILES string of the molecule is c1ccc(-c2nc(-c3ccc(-c4cccc5c4-c4ccccc4C54c5ccccc5-c5ccccc54)cc3)nc(-c3ccc(-c4cccc5c4sc4ccccc45)cc3)n2)cc1. The molecule has 3 nitrogen and oxygen atoms in total. The van der Waals surface area contributed by atoms with E-state index in [1.54, 1.807) is 0 Å². The number of nitrogens with zero attached hydrogens (tertiary/aromatic N) is 3. The minimum absolute atomic E-state index is 0.381. The van der Waals surface area contributed by atoms with Gasteiger partial charge in [-0.15, -0.1) is 11.3 Å². The molecule has 288 valence electrons. The molecule has 2 aliphatic carbocycles. The third-order valence-corrected chi connectivity index (χ3v) is 14.2. The largest absolute Gasteiger partial charge is 0.208 e. The van der Waals surface area contributed by atoms with Gasteiger partial charge in [0.1, 0.15) is 0 Å². The fraction of sp³-hybridized carbons (Fsp3) is 0.0172. The van der Waals surface area contributed by atoms with E-state index < -0.39 is 0 Å². The molecule has 4 heteroatoms. The first-order chi connectivity index (χ1) is 30.7. The van der Waals surface area contributed by atoms with E-state index in [0.29, 0.717) is 17.5 Å². The zero-order valence-corrected chi connectivity index (χ0v) is 34.3. The van der Waals surface area contributed by atoms with Crippen LogP contribution in [0.15, 0.2) is 212 Å². The van der Waals surface area contributed by atoms with Crippen molar-refractivity contribution in [2.24, 2.45) is 0 Å². The average molecular weight is 806 g/mol. The van der Waals surface area contributed by atoms with Gasteiger partial charge in [-0.25, -0.2) is 15.0 Å². The van der Waals surface area contributed by atoms with Gasteiger partial charge in [-0.3, -0.25) is 0 Å². The Bertz CT molecular complexity index is 3520. The van der Waals surface area contributed by atoms with Gasteiger partial charge in [-0.2, -0.15) is 0 Å². The van der Waals surface area contributed by atoms with Crippen molar-refractivity contribution in [1.82, 2.24) is 15.0 Å². The van der Waals surface area contributed by atoms with Crippen LogP contribution in [-0.2, 0) is 5.41 Å². The van der Waals surface area contributed by atoms with Crippen LogP contribution in [0.4, 0.5) is 0 Å². The van der Waals surface area contributed by atoms with Gasteiger partial charge in [0.05, 0.1) is 5.41 Å². The van der Waals surface area contributed by atoms with Crippen molar-refractivity contribution in [1.29, 1.82) is 0 Å². The summed E-state index contributed by atoms with van der Waals surface area (Å²) in [5, 5.41) is 2.60. The lowest BCUT2D eigenvalue weighted by Crippen LogP contribution is -2.25. The summed E-state index contributed by atoms with van der Waals surface area (Å²) in [6.45, 7) is 0. The molecular formula is C58H35N3S. The van der Waals surface area contributed by atoms with Gasteiger partial charge in [0.15, 0.2) is 17.5 Å². The highest BCUT2D eigenvalue weighted by molar-refractivity contribution is 7.26. The molecule has 9 aromatic carbocycles. The molecule has 11 aromatic rings. The molecule has 0 fully saturated rings. The Balaban J connectivity index is 0.907. The molecular weight excluding hydrogens is 771 g/mol. The fourth-order valence-corrected chi connectivity index (χ4v) is 11.5. The molecule has 0 aliphatic heterocycles. The zero-order valence-electron chi connectivity index (χ0n) is 33.5. The van der Waals surface area contributed by atoms with E-state index in [1.165, 1.54) is 81.4 Å². The summed E-state index contributed by atoms with van der Waals surface area (Å²) in [6.07, 6.45) is 0. The van der Waals surface area contributed by atoms with Crippen molar-refractivity contribution in [2.45, 2.75) is 5.41 Å². The van der Waals surface area contributed by atoms with Gasteiger partial charge in [-0.1, -0.05) is 206 Å². The second-order valence-corrected chi connectivity index (χ2v) is 17.3. The van der Waals surface area contributed by atoms with Gasteiger partial charge < -0.3 is 0 Å². The Labute approximate surface area is 363 Å². The Hall–Kier alpha value is -7.79. The lowest BCUT2D eigenvalue weighted by molar-refractivity contribution is 0.794. The Morgan fingerprint density at radius 3 is 1.35 bits per heavy atom. The summed E-state index contributed by atoms with van der Waals surface area (Å²) in [6, 6.07) is 76.7. The second-order valence-electron chi connectivity index (χ2n) is 16.2. The zero-order chi connectivity index (χ0) is 40.8. The topological polar surface area (TPSA) is 38.7 Å². The van der Waals surface area contributed by atoms with Gasteiger partial charge in [0.2, 0.25) is 0 Å². The van der Waals surface area contributed by atoms with E-state index in [0.717, 1.165) is 22.3 Å². The van der Waals surface area contributed by atoms with Crippen LogP contribution in [0.5, 0.6) is 0 Å². The van der Waals surface area contributed by atoms with Crippen molar-refractivity contribution in [3.05, 3.63) is 235 Å². The Morgan fingerprint density at radius 2 is 0.710 bits per heavy atom. The lowest BCUT2D eigenvalue weighted by atomic mass is 9.70. The fourth-order valence-electron chi connectivity index (χ4n) is 10.3. The van der Waals surface area contributed by atoms with Crippen LogP contribution < -0.4 is 0 Å². The quantitative estimate of drug-likeness (QED) is 0.174. The van der Waals surface area contributed by atoms with E-state index in [-0.39, 0.29) is 5.41 Å². The first-order valence-corrected chi connectivity index (χ1v) is 21.9. The lowest BCUT2D eigenvalue weighted by Gasteiger charge is -2.30. The normalized spacial score (nSPS) is 13.0. The van der Waals surface area contributed by atoms with Crippen LogP contribution in [0.1, 0.15) is 22.3 Å². The van der Waals surface area contributed by atoms with Gasteiger partial charge in [0.25, 0.3) is 0 Å². The standard InChI is InChI=1S/C58H35N3S/c1-2-14-38(15-3-1)55-59-56(61-57(60-55)40-34-30-37(31-35-40)42-21-12-22-46-45-18-7-11-27-52(45)62-54(42)46)39-32-28-36(29-33-39)41-20-13-26-51-53(41)47-19-6-10-25-50(47)58(51)48-23-8-4-16-43(48)44-17-5-9-24-49(44)58/h1-35H. The number of aromatic nitrogens is 3. The molecule has 62 heavy (non-hydrogen) atoms. The van der Waals surface area contributed by atoms with Crippen LogP contribution in [0.3, 0.4) is 0 Å². The highest BCUT2D eigenvalue weighted by atomic mass is 32.1. The highest BCUT2D eigenvalue weighted by Gasteiger charge is 2.51. The first-order valence-electron chi connectivity index (χ1n) is 21.1. The summed E-state index contributed by atoms with van der Waals surface area (Å²) in [7, 11) is 0. The molecule has 0 unspecified atom stereocenters. The molecule has 1 spiro atoms. The minimum atomic E-state index is -0.381. The monoisotopic (exact) mass is 805 g/mol. The molecule has 13 rings (SSSR count). The molecule has 0 bridgehead atoms. The third-order valence-electron chi connectivity index (χ3n) is 13.0. The smallest absolute Gasteiger partial charge is 0.164 e. The van der Waals surface area contributed by atoms with Crippen molar-refractivity contribution in [3.63, 3.8) is 0 Å². The molecule has 0 N–H and O–H groups in total. The van der Waals surface area contributed by atoms with Crippen LogP contribution in [0.25, 0.3) is 98.8 Å². The minimum Gasteiger partial charge on any atom is -0.208 e. The predicted molar refractivity (Wildman–Crippen MR) is 256 cm³/mol. The van der Waals surface area contributed by atoms with Crippen LogP contribution in [-0.4, -0.2) is 15.0 Å². The van der Waals surface area contributed by atoms with Crippen LogP contribution in [0.2, 0.25) is 0 Å². The predicted octanol–water partition coefficient (Wildman–Crippen LogP) is 14.9. The van der Waals surface area contributed by atoms with E-state index in [4.69, 9.17) is 15.0 Å². The molecule has 0 atom stereocenters. The Kier molecular flexibility index (Phi) is 7.69. The molecule has 2 aromatic heterocycles. The van der Waals surface area contributed by atoms with Gasteiger partial charge in [0, 0.05) is 36.9 Å². The first kappa shape index (κ1) is 35.0. The van der Waals surface area contributed by atoms with E-state index in [1.807, 2.05) is 29.5 Å². The third kappa shape index (κ3) is 5.08. The summed E-state index contributed by atoms with van der Waals surface area (Å²) in [5.74, 6) is 1.93. The molecule has 2 aliphatic rings. The molecule has 0 saturated heterocycles. The maximum atomic E-state index is 5.14. The Morgan fingerprint density at radius 1 is 0.290 bits per heavy atom. The molecule has 0 radical (unpaired) electrons. The maximum absolute atomic E-state index is 5.14. The number of thiophene rings is 1. The summed E-state index contributed by atoms with van der Waals surface area (Å²) < 4.78 is 2.61. The number of fused-ring (bicyclic) bond motifs is 13. The van der Waals surface area contributed by atoms with E-state index >= 15 is 0 Å². The van der Waals surface area contributed by atoms with Gasteiger partial charge in [-0.05, 0) is 72.8 Å². The average Bonchev–Trinajstić information content (AvgIpc) is 3.99. The van der Waals surface area contributed by atoms with E-state index in [9.17, 15) is 0 Å². The van der Waals surface area contributed by atoms with Crippen molar-refractivity contribution in [2.75, 3.05) is 0 Å². The van der Waals surface area contributed by atoms with Crippen LogP contribution >= 0.6 is 11.3 Å². The number of benzene rings is 9. The summed E-state index contributed by atoms with van der Waals surface area (Å²) in [5.41, 5.74) is 17.8. The molecule has 2 heterocycles. The molecule has 0 saturated carbocycles. The van der Waals surface area contributed by atoms with Gasteiger partial charge >= 0.3 is 0 Å². The van der Waals surface area contributed by atoms with E-state index in [2.05, 4.69) is 194 Å². The number of hydrogen-bond donors (Lipinski definition) is 0. The summed E-state index contributed by atoms with van der Waals surface area (Å²) in [4.78, 5) is 15.3. The molecule has 0 amide bonds. The highest BCUT2D eigenvalue weighted by Crippen LogP contribution is 2.64. The van der Waals surface area contributed by atoms with Crippen molar-refractivity contribution >= 4 is 31.5 Å². The van der Waals surface area contributed by atoms with Crippen molar-refractivity contribution < 1.29 is 0 Å². The number of rotatable bonds is 5. The maximum Gasteiger partial charge on any atom is 0.164 e. The second kappa shape index (κ2) is 13.6. The van der Waals surface area contributed by atoms with Crippen LogP contribution in [0, 0.1) is 0 Å². The summed E-state index contributed by atoms with van der Waals surface area (Å²) >= 11 is 1.85. The van der Waals surface area contributed by atoms with Crippen molar-refractivity contribution in [3.8, 4) is 78.7 Å². The number of hydrogen-bond acceptors (Lipinski definition) is 4.